The van der Waals surface area contributed by atoms with E-state index in [9.17, 15) is 0 Å². The van der Waals surface area contributed by atoms with E-state index in [2.05, 4.69) is 18.0 Å². The van der Waals surface area contributed by atoms with Crippen LogP contribution in [0.5, 0.6) is 11.5 Å². The average molecular weight is 222 g/mol. The van der Waals surface area contributed by atoms with Crippen LogP contribution in [0, 0.1) is 0 Å². The van der Waals surface area contributed by atoms with Crippen LogP contribution in [-0.4, -0.2) is 20.3 Å². The highest BCUT2D eigenvalue weighted by Gasteiger charge is 2.06. The molecular weight excluding hydrogens is 202 g/mol. The van der Waals surface area contributed by atoms with E-state index in [0.717, 1.165) is 18.0 Å². The summed E-state index contributed by atoms with van der Waals surface area (Å²) in [5.74, 6) is 1.59. The fourth-order valence-corrected chi connectivity index (χ4v) is 1.45. The molecule has 0 unspecified atom stereocenters. The molecule has 1 aromatic rings. The first-order valence-electron chi connectivity index (χ1n) is 5.59. The zero-order valence-electron chi connectivity index (χ0n) is 10.0. The minimum absolute atomic E-state index is 0.499. The van der Waals surface area contributed by atoms with Gasteiger partial charge in [0.1, 0.15) is 13.2 Å². The highest BCUT2D eigenvalue weighted by atomic mass is 16.5. The molecule has 1 rings (SSSR count). The number of ether oxygens (including phenoxy) is 2. The summed E-state index contributed by atoms with van der Waals surface area (Å²) >= 11 is 0. The van der Waals surface area contributed by atoms with Gasteiger partial charge in [-0.1, -0.05) is 12.7 Å². The van der Waals surface area contributed by atoms with Crippen LogP contribution in [0.4, 0.5) is 0 Å². The van der Waals surface area contributed by atoms with Crippen molar-refractivity contribution >= 4 is 0 Å². The van der Waals surface area contributed by atoms with Gasteiger partial charge >= 0.3 is 0 Å². The largest absolute Gasteiger partial charge is 0.490 e. The van der Waals surface area contributed by atoms with Crippen LogP contribution in [0.2, 0.25) is 0 Å². The van der Waals surface area contributed by atoms with Gasteiger partial charge in [-0.2, -0.15) is 0 Å². The summed E-state index contributed by atoms with van der Waals surface area (Å²) in [6.07, 6.45) is 1.73. The van der Waals surface area contributed by atoms with Crippen molar-refractivity contribution in [3.63, 3.8) is 0 Å². The van der Waals surface area contributed by atoms with E-state index in [-0.39, 0.29) is 0 Å². The number of quaternary nitrogens is 1. The molecule has 0 atom stereocenters. The molecule has 0 saturated heterocycles. The predicted molar refractivity (Wildman–Crippen MR) is 64.9 cm³/mol. The van der Waals surface area contributed by atoms with Crippen LogP contribution in [-0.2, 0) is 6.54 Å². The van der Waals surface area contributed by atoms with Crippen molar-refractivity contribution in [2.24, 2.45) is 0 Å². The van der Waals surface area contributed by atoms with Crippen molar-refractivity contribution in [1.29, 1.82) is 0 Å². The molecule has 3 heteroatoms. The summed E-state index contributed by atoms with van der Waals surface area (Å²) in [6.45, 7) is 7.68. The van der Waals surface area contributed by atoms with Gasteiger partial charge in [-0.3, -0.25) is 0 Å². The maximum absolute atomic E-state index is 5.55. The molecule has 3 nitrogen and oxygen atoms in total. The number of benzene rings is 1. The Morgan fingerprint density at radius 1 is 1.31 bits per heavy atom. The Morgan fingerprint density at radius 2 is 2.12 bits per heavy atom. The summed E-state index contributed by atoms with van der Waals surface area (Å²) in [6, 6.07) is 6.04. The first-order valence-corrected chi connectivity index (χ1v) is 5.59. The Kier molecular flexibility index (Phi) is 5.43. The topological polar surface area (TPSA) is 35.1 Å². The van der Waals surface area contributed by atoms with Gasteiger partial charge in [-0.15, -0.1) is 0 Å². The van der Waals surface area contributed by atoms with Crippen LogP contribution in [0.25, 0.3) is 0 Å². The highest BCUT2D eigenvalue weighted by molar-refractivity contribution is 5.42. The van der Waals surface area contributed by atoms with E-state index in [1.807, 2.05) is 26.1 Å². The van der Waals surface area contributed by atoms with E-state index >= 15 is 0 Å². The van der Waals surface area contributed by atoms with Crippen LogP contribution < -0.4 is 14.8 Å². The Balaban J connectivity index is 2.84. The highest BCUT2D eigenvalue weighted by Crippen LogP contribution is 2.28. The van der Waals surface area contributed by atoms with Gasteiger partial charge in [0.15, 0.2) is 11.5 Å². The zero-order valence-corrected chi connectivity index (χ0v) is 10.0. The SMILES string of the molecule is C=CCOc1ccc(C[NH2+]C)cc1OCC. The molecule has 0 spiro atoms. The summed E-state index contributed by atoms with van der Waals surface area (Å²) in [5, 5.41) is 2.12. The van der Waals surface area contributed by atoms with Gasteiger partial charge in [0.2, 0.25) is 0 Å². The minimum atomic E-state index is 0.499. The normalized spacial score (nSPS) is 9.88. The van der Waals surface area contributed by atoms with E-state index in [0.29, 0.717) is 13.2 Å². The predicted octanol–water partition coefficient (Wildman–Crippen LogP) is 1.34. The summed E-state index contributed by atoms with van der Waals surface area (Å²) in [7, 11) is 2.04. The van der Waals surface area contributed by atoms with E-state index in [1.165, 1.54) is 5.56 Å². The molecular formula is C13H20NO2+. The third kappa shape index (κ3) is 3.59. The Hall–Kier alpha value is -1.48. The lowest BCUT2D eigenvalue weighted by Gasteiger charge is -2.11. The maximum atomic E-state index is 5.55. The molecule has 0 saturated carbocycles. The second-order valence-electron chi connectivity index (χ2n) is 3.43. The lowest BCUT2D eigenvalue weighted by atomic mass is 10.2. The molecule has 88 valence electrons. The lowest BCUT2D eigenvalue weighted by Crippen LogP contribution is -2.77. The third-order valence-corrected chi connectivity index (χ3v) is 2.10. The molecule has 0 heterocycles. The van der Waals surface area contributed by atoms with E-state index in [1.54, 1.807) is 6.08 Å². The second-order valence-corrected chi connectivity index (χ2v) is 3.43. The second kappa shape index (κ2) is 6.90. The van der Waals surface area contributed by atoms with Crippen LogP contribution in [0.15, 0.2) is 30.9 Å². The number of nitrogens with two attached hydrogens (primary N) is 1. The first kappa shape index (κ1) is 12.6. The number of hydrogen-bond acceptors (Lipinski definition) is 2. The standard InChI is InChI=1S/C13H19NO2/c1-4-8-16-12-7-6-11(10-14-3)9-13(12)15-5-2/h4,6-7,9,14H,1,5,8,10H2,2-3H3/p+1. The lowest BCUT2D eigenvalue weighted by molar-refractivity contribution is -0.643. The molecule has 0 aliphatic rings. The van der Waals surface area contributed by atoms with Crippen molar-refractivity contribution in [2.45, 2.75) is 13.5 Å². The van der Waals surface area contributed by atoms with E-state index < -0.39 is 0 Å². The summed E-state index contributed by atoms with van der Waals surface area (Å²) in [4.78, 5) is 0. The van der Waals surface area contributed by atoms with Crippen molar-refractivity contribution in [3.05, 3.63) is 36.4 Å². The molecule has 0 radical (unpaired) electrons. The van der Waals surface area contributed by atoms with Gasteiger partial charge in [-0.25, -0.2) is 0 Å². The summed E-state index contributed by atoms with van der Waals surface area (Å²) in [5.41, 5.74) is 1.23. The van der Waals surface area contributed by atoms with Gasteiger partial charge in [0, 0.05) is 5.56 Å². The number of hydrogen-bond donors (Lipinski definition) is 1. The average Bonchev–Trinajstić information content (AvgIpc) is 2.29. The smallest absolute Gasteiger partial charge is 0.161 e. The fraction of sp³-hybridized carbons (Fsp3) is 0.385. The van der Waals surface area contributed by atoms with Gasteiger partial charge in [-0.05, 0) is 25.1 Å². The van der Waals surface area contributed by atoms with Crippen molar-refractivity contribution in [2.75, 3.05) is 20.3 Å². The van der Waals surface area contributed by atoms with Crippen molar-refractivity contribution in [3.8, 4) is 11.5 Å². The molecule has 0 amide bonds. The molecule has 1 aromatic carbocycles. The van der Waals surface area contributed by atoms with Gasteiger partial charge in [0.25, 0.3) is 0 Å². The maximum Gasteiger partial charge on any atom is 0.161 e. The van der Waals surface area contributed by atoms with Crippen molar-refractivity contribution in [1.82, 2.24) is 0 Å². The zero-order chi connectivity index (χ0) is 11.8. The van der Waals surface area contributed by atoms with Gasteiger partial charge < -0.3 is 14.8 Å². The Bertz CT molecular complexity index is 337. The molecule has 0 aliphatic carbocycles. The summed E-state index contributed by atoms with van der Waals surface area (Å²) < 4.78 is 11.1. The molecule has 0 aromatic heterocycles. The third-order valence-electron chi connectivity index (χ3n) is 2.10. The van der Waals surface area contributed by atoms with Crippen molar-refractivity contribution < 1.29 is 14.8 Å². The molecule has 2 N–H and O–H groups in total. The molecule has 0 bridgehead atoms. The van der Waals surface area contributed by atoms with Crippen LogP contribution in [0.3, 0.4) is 0 Å². The molecule has 16 heavy (non-hydrogen) atoms. The first-order chi connectivity index (χ1) is 7.81. The van der Waals surface area contributed by atoms with E-state index in [4.69, 9.17) is 9.47 Å². The Morgan fingerprint density at radius 3 is 2.75 bits per heavy atom. The van der Waals surface area contributed by atoms with Gasteiger partial charge in [0.05, 0.1) is 13.7 Å². The fourth-order valence-electron chi connectivity index (χ4n) is 1.45. The van der Waals surface area contributed by atoms with Crippen LogP contribution >= 0.6 is 0 Å². The molecule has 0 aliphatic heterocycles. The Labute approximate surface area is 97.1 Å². The van der Waals surface area contributed by atoms with Crippen LogP contribution in [0.1, 0.15) is 12.5 Å². The minimum Gasteiger partial charge on any atom is -0.490 e. The monoisotopic (exact) mass is 222 g/mol. The number of rotatable bonds is 7. The molecule has 0 fully saturated rings. The quantitative estimate of drug-likeness (QED) is 0.707.